The van der Waals surface area contributed by atoms with Crippen LogP contribution in [0.15, 0.2) is 53.6 Å². The molecule has 1 aromatic heterocycles. The minimum atomic E-state index is -5.01. The molecule has 0 aliphatic carbocycles. The molecular weight excluding hydrogens is 414 g/mol. The molecule has 1 heterocycles. The molecule has 0 saturated heterocycles. The number of nitrogens with two attached hydrogens (primary N) is 1. The first-order chi connectivity index (χ1) is 14.0. The van der Waals surface area contributed by atoms with Crippen LogP contribution in [0.5, 0.6) is 0 Å². The number of hydrazone groups is 1. The Balaban J connectivity index is 1.94. The van der Waals surface area contributed by atoms with Gasteiger partial charge >= 0.3 is 12.4 Å². The lowest BCUT2D eigenvalue weighted by Gasteiger charge is -2.15. The van der Waals surface area contributed by atoms with E-state index in [9.17, 15) is 31.1 Å². The van der Waals surface area contributed by atoms with Gasteiger partial charge in [-0.05, 0) is 42.5 Å². The third-order valence-corrected chi connectivity index (χ3v) is 4.03. The van der Waals surface area contributed by atoms with Gasteiger partial charge in [0.2, 0.25) is 0 Å². The van der Waals surface area contributed by atoms with E-state index in [1.165, 1.54) is 24.4 Å². The van der Waals surface area contributed by atoms with Crippen LogP contribution < -0.4 is 11.2 Å². The van der Waals surface area contributed by atoms with Crippen molar-refractivity contribution in [1.82, 2.24) is 4.98 Å². The van der Waals surface area contributed by atoms with Gasteiger partial charge in [0.1, 0.15) is 0 Å². The highest BCUT2D eigenvalue weighted by molar-refractivity contribution is 6.06. The smallest absolute Gasteiger partial charge is 0.323 e. The number of hydrogen-bond acceptors (Lipinski definition) is 4. The van der Waals surface area contributed by atoms with Crippen molar-refractivity contribution in [3.63, 3.8) is 0 Å². The summed E-state index contributed by atoms with van der Waals surface area (Å²) in [5.41, 5.74) is -2.70. The van der Waals surface area contributed by atoms with Crippen molar-refractivity contribution in [1.29, 1.82) is 0 Å². The molecule has 0 radical (unpaired) electrons. The fourth-order valence-corrected chi connectivity index (χ4v) is 2.66. The van der Waals surface area contributed by atoms with E-state index in [2.05, 4.69) is 15.4 Å². The highest BCUT2D eigenvalue weighted by Gasteiger charge is 2.37. The Morgan fingerprint density at radius 2 is 1.57 bits per heavy atom. The van der Waals surface area contributed by atoms with Gasteiger partial charge in [-0.25, -0.2) is 4.98 Å². The standard InChI is InChI=1S/C19H12F6N4O/c20-18(21,22)12-6-13(19(23,24)25)8-15(7-12)29-17(30)11-2-4-16-10(5-11)1-3-14(28-16)9-27-26/h1-9H,26H2,(H,29,30). The summed E-state index contributed by atoms with van der Waals surface area (Å²) in [6, 6.07) is 8.27. The molecular formula is C19H12F6N4O. The molecule has 0 fully saturated rings. The molecule has 5 nitrogen and oxygen atoms in total. The number of rotatable bonds is 3. The van der Waals surface area contributed by atoms with Gasteiger partial charge in [0.25, 0.3) is 5.91 Å². The number of benzene rings is 2. The highest BCUT2D eigenvalue weighted by atomic mass is 19.4. The third kappa shape index (κ3) is 4.67. The van der Waals surface area contributed by atoms with Gasteiger partial charge in [-0.3, -0.25) is 4.79 Å². The average molecular weight is 426 g/mol. The lowest BCUT2D eigenvalue weighted by atomic mass is 10.1. The number of alkyl halides is 6. The van der Waals surface area contributed by atoms with Crippen LogP contribution >= 0.6 is 0 Å². The van der Waals surface area contributed by atoms with Crippen molar-refractivity contribution < 1.29 is 31.1 Å². The Morgan fingerprint density at radius 3 is 2.13 bits per heavy atom. The average Bonchev–Trinajstić information content (AvgIpc) is 2.66. The monoisotopic (exact) mass is 426 g/mol. The lowest BCUT2D eigenvalue weighted by molar-refractivity contribution is -0.143. The minimum absolute atomic E-state index is 0.0143. The van der Waals surface area contributed by atoms with Gasteiger partial charge in [-0.1, -0.05) is 6.07 Å². The second-order valence-corrected chi connectivity index (χ2v) is 6.17. The number of halogens is 6. The SMILES string of the molecule is NN=Cc1ccc2cc(C(=O)Nc3cc(C(F)(F)F)cc(C(F)(F)F)c3)ccc2n1. The Labute approximate surface area is 165 Å². The molecule has 0 aliphatic heterocycles. The number of anilines is 1. The molecule has 0 spiro atoms. The van der Waals surface area contributed by atoms with Gasteiger partial charge in [0.15, 0.2) is 0 Å². The van der Waals surface area contributed by atoms with Gasteiger partial charge in [-0.15, -0.1) is 0 Å². The van der Waals surface area contributed by atoms with Crippen molar-refractivity contribution in [2.45, 2.75) is 12.4 Å². The van der Waals surface area contributed by atoms with Crippen molar-refractivity contribution >= 4 is 28.7 Å². The van der Waals surface area contributed by atoms with E-state index in [1.807, 2.05) is 0 Å². The number of hydrogen-bond donors (Lipinski definition) is 2. The van der Waals surface area contributed by atoms with Crippen molar-refractivity contribution in [3.8, 4) is 0 Å². The maximum absolute atomic E-state index is 13.0. The van der Waals surface area contributed by atoms with E-state index in [0.717, 1.165) is 0 Å². The van der Waals surface area contributed by atoms with Crippen LogP contribution in [0.3, 0.4) is 0 Å². The first kappa shape index (κ1) is 21.1. The van der Waals surface area contributed by atoms with Crippen molar-refractivity contribution in [2.75, 3.05) is 5.32 Å². The first-order valence-corrected chi connectivity index (χ1v) is 8.22. The Bertz CT molecular complexity index is 1110. The zero-order chi connectivity index (χ0) is 22.1. The highest BCUT2D eigenvalue weighted by Crippen LogP contribution is 2.37. The van der Waals surface area contributed by atoms with E-state index >= 15 is 0 Å². The number of nitrogens with zero attached hydrogens (tertiary/aromatic N) is 2. The Hall–Kier alpha value is -3.63. The number of nitrogens with one attached hydrogen (secondary N) is 1. The topological polar surface area (TPSA) is 80.4 Å². The second kappa shape index (κ2) is 7.65. The van der Waals surface area contributed by atoms with Crippen molar-refractivity contribution in [2.24, 2.45) is 10.9 Å². The molecule has 156 valence electrons. The Kier molecular flexibility index (Phi) is 5.38. The summed E-state index contributed by atoms with van der Waals surface area (Å²) in [5.74, 6) is 4.17. The van der Waals surface area contributed by atoms with E-state index in [0.29, 0.717) is 28.7 Å². The van der Waals surface area contributed by atoms with Crippen LogP contribution in [0.1, 0.15) is 27.2 Å². The predicted molar refractivity (Wildman–Crippen MR) is 97.9 cm³/mol. The van der Waals surface area contributed by atoms with Gasteiger partial charge in [0, 0.05) is 16.6 Å². The maximum Gasteiger partial charge on any atom is 0.416 e. The van der Waals surface area contributed by atoms with Crippen LogP contribution in [-0.2, 0) is 12.4 Å². The second-order valence-electron chi connectivity index (χ2n) is 6.17. The molecule has 0 bridgehead atoms. The van der Waals surface area contributed by atoms with E-state index in [-0.39, 0.29) is 11.6 Å². The molecule has 1 amide bonds. The summed E-state index contributed by atoms with van der Waals surface area (Å²) in [7, 11) is 0. The van der Waals surface area contributed by atoms with Gasteiger partial charge in [0.05, 0.1) is 28.6 Å². The molecule has 3 rings (SSSR count). The fourth-order valence-electron chi connectivity index (χ4n) is 2.66. The van der Waals surface area contributed by atoms with E-state index in [4.69, 9.17) is 5.84 Å². The minimum Gasteiger partial charge on any atom is -0.323 e. The predicted octanol–water partition coefficient (Wildman–Crippen LogP) is 4.82. The lowest BCUT2D eigenvalue weighted by Crippen LogP contribution is -2.16. The summed E-state index contributed by atoms with van der Waals surface area (Å²) in [5, 5.41) is 5.95. The number of carbonyl (C=O) groups excluding carboxylic acids is 1. The van der Waals surface area contributed by atoms with Crippen LogP contribution in [0.4, 0.5) is 32.0 Å². The molecule has 0 aliphatic rings. The van der Waals surface area contributed by atoms with Crippen LogP contribution in [0.25, 0.3) is 10.9 Å². The molecule has 11 heteroatoms. The first-order valence-electron chi connectivity index (χ1n) is 8.22. The van der Waals surface area contributed by atoms with Crippen LogP contribution in [0.2, 0.25) is 0 Å². The number of carbonyl (C=O) groups is 1. The Morgan fingerprint density at radius 1 is 0.933 bits per heavy atom. The summed E-state index contributed by atoms with van der Waals surface area (Å²) >= 11 is 0. The van der Waals surface area contributed by atoms with E-state index < -0.39 is 35.1 Å². The maximum atomic E-state index is 13.0. The molecule has 0 atom stereocenters. The van der Waals surface area contributed by atoms with Gasteiger partial charge in [-0.2, -0.15) is 31.4 Å². The summed E-state index contributed by atoms with van der Waals surface area (Å²) < 4.78 is 77.7. The van der Waals surface area contributed by atoms with Crippen LogP contribution in [0, 0.1) is 0 Å². The van der Waals surface area contributed by atoms with E-state index in [1.54, 1.807) is 12.1 Å². The molecule has 0 saturated carbocycles. The molecule has 3 aromatic rings. The van der Waals surface area contributed by atoms with Crippen molar-refractivity contribution in [3.05, 3.63) is 70.9 Å². The third-order valence-electron chi connectivity index (χ3n) is 4.03. The molecule has 2 aromatic carbocycles. The zero-order valence-corrected chi connectivity index (χ0v) is 14.8. The number of fused-ring (bicyclic) bond motifs is 1. The molecule has 0 unspecified atom stereocenters. The summed E-state index contributed by atoms with van der Waals surface area (Å²) in [6.45, 7) is 0. The number of amides is 1. The summed E-state index contributed by atoms with van der Waals surface area (Å²) in [6.07, 6.45) is -8.72. The van der Waals surface area contributed by atoms with Gasteiger partial charge < -0.3 is 11.2 Å². The van der Waals surface area contributed by atoms with Crippen LogP contribution in [-0.4, -0.2) is 17.1 Å². The molecule has 3 N–H and O–H groups in total. The zero-order valence-electron chi connectivity index (χ0n) is 14.8. The quantitative estimate of drug-likeness (QED) is 0.273. The summed E-state index contributed by atoms with van der Waals surface area (Å²) in [4.78, 5) is 16.6. The number of pyridine rings is 1. The normalized spacial score (nSPS) is 12.5. The fraction of sp³-hybridized carbons (Fsp3) is 0.105. The molecule has 30 heavy (non-hydrogen) atoms. The number of aromatic nitrogens is 1. The largest absolute Gasteiger partial charge is 0.416 e.